The van der Waals surface area contributed by atoms with Gasteiger partial charge in [0.05, 0.1) is 6.10 Å². The molecule has 2 rings (SSSR count). The molecule has 0 saturated carbocycles. The summed E-state index contributed by atoms with van der Waals surface area (Å²) in [6.45, 7) is 0.777. The molecule has 1 atom stereocenters. The average Bonchev–Trinajstić information content (AvgIpc) is 2.34. The van der Waals surface area contributed by atoms with Crippen molar-refractivity contribution in [1.82, 2.24) is 0 Å². The molecule has 1 unspecified atom stereocenters. The van der Waals surface area contributed by atoms with E-state index in [1.807, 2.05) is 6.07 Å². The molecule has 0 bridgehead atoms. The van der Waals surface area contributed by atoms with E-state index in [-0.39, 0.29) is 11.9 Å². The van der Waals surface area contributed by atoms with Gasteiger partial charge in [-0.2, -0.15) is 0 Å². The zero-order valence-electron chi connectivity index (χ0n) is 10.1. The van der Waals surface area contributed by atoms with E-state index in [1.54, 1.807) is 12.1 Å². The van der Waals surface area contributed by atoms with Crippen molar-refractivity contribution in [2.24, 2.45) is 0 Å². The highest BCUT2D eigenvalue weighted by Gasteiger charge is 2.18. The van der Waals surface area contributed by atoms with Gasteiger partial charge in [0.15, 0.2) is 0 Å². The van der Waals surface area contributed by atoms with Crippen molar-refractivity contribution in [3.63, 3.8) is 0 Å². The van der Waals surface area contributed by atoms with Crippen molar-refractivity contribution in [1.29, 1.82) is 0 Å². The summed E-state index contributed by atoms with van der Waals surface area (Å²) in [5.41, 5.74) is 0.835. The minimum atomic E-state index is 0.0947. The van der Waals surface area contributed by atoms with Crippen molar-refractivity contribution in [2.75, 3.05) is 6.61 Å². The second-order valence-electron chi connectivity index (χ2n) is 4.64. The van der Waals surface area contributed by atoms with Gasteiger partial charge in [0.2, 0.25) is 0 Å². The first-order valence-corrected chi connectivity index (χ1v) is 6.98. The van der Waals surface area contributed by atoms with E-state index in [2.05, 4.69) is 0 Å². The third kappa shape index (κ3) is 3.98. The van der Waals surface area contributed by atoms with E-state index in [9.17, 15) is 4.79 Å². The summed E-state index contributed by atoms with van der Waals surface area (Å²) in [5, 5.41) is 1.15. The van der Waals surface area contributed by atoms with Gasteiger partial charge >= 0.3 is 0 Å². The molecule has 1 saturated heterocycles. The summed E-state index contributed by atoms with van der Waals surface area (Å²) >= 11 is 11.9. The number of Topliss-reactive ketones (excluding diaryl/α,β-unsaturated/α-hetero) is 1. The molecule has 4 heteroatoms. The molecule has 98 valence electrons. The zero-order chi connectivity index (χ0) is 13.0. The molecular formula is C14H16Cl2O2. The molecule has 0 N–H and O–H groups in total. The smallest absolute Gasteiger partial charge is 0.139 e. The highest BCUT2D eigenvalue weighted by Crippen LogP contribution is 2.23. The van der Waals surface area contributed by atoms with E-state index < -0.39 is 0 Å². The first-order valence-electron chi connectivity index (χ1n) is 6.22. The van der Waals surface area contributed by atoms with Crippen LogP contribution in [-0.2, 0) is 16.0 Å². The molecule has 0 radical (unpaired) electrons. The lowest BCUT2D eigenvalue weighted by atomic mass is 10.00. The molecule has 1 aliphatic heterocycles. The van der Waals surface area contributed by atoms with Gasteiger partial charge in [-0.25, -0.2) is 0 Å². The standard InChI is InChI=1S/C14H16Cl2O2/c15-11-5-4-10(14(16)8-11)7-12(17)9-13-3-1-2-6-18-13/h4-5,8,13H,1-3,6-7,9H2. The second-order valence-corrected chi connectivity index (χ2v) is 5.49. The van der Waals surface area contributed by atoms with E-state index in [4.69, 9.17) is 27.9 Å². The van der Waals surface area contributed by atoms with Crippen LogP contribution >= 0.6 is 23.2 Å². The number of hydrogen-bond acceptors (Lipinski definition) is 2. The van der Waals surface area contributed by atoms with Crippen molar-refractivity contribution in [3.05, 3.63) is 33.8 Å². The third-order valence-electron chi connectivity index (χ3n) is 3.13. The van der Waals surface area contributed by atoms with Crippen molar-refractivity contribution in [3.8, 4) is 0 Å². The molecular weight excluding hydrogens is 271 g/mol. The van der Waals surface area contributed by atoms with Crippen LogP contribution in [0.15, 0.2) is 18.2 Å². The normalized spacial score (nSPS) is 19.8. The van der Waals surface area contributed by atoms with Crippen molar-refractivity contribution in [2.45, 2.75) is 38.2 Å². The first-order chi connectivity index (χ1) is 8.65. The fourth-order valence-electron chi connectivity index (χ4n) is 2.17. The van der Waals surface area contributed by atoms with Crippen LogP contribution in [-0.4, -0.2) is 18.5 Å². The summed E-state index contributed by atoms with van der Waals surface area (Å²) in [5.74, 6) is 0.172. The summed E-state index contributed by atoms with van der Waals surface area (Å²) in [6, 6.07) is 5.24. The maximum Gasteiger partial charge on any atom is 0.139 e. The SMILES string of the molecule is O=C(Cc1ccc(Cl)cc1Cl)CC1CCCCO1. The van der Waals surface area contributed by atoms with Crippen LogP contribution in [0.4, 0.5) is 0 Å². The first kappa shape index (κ1) is 13.9. The summed E-state index contributed by atoms with van der Waals surface area (Å²) < 4.78 is 5.56. The fourth-order valence-corrected chi connectivity index (χ4v) is 2.65. The van der Waals surface area contributed by atoms with E-state index >= 15 is 0 Å². The minimum absolute atomic E-state index is 0.0947. The number of carbonyl (C=O) groups excluding carboxylic acids is 1. The van der Waals surface area contributed by atoms with Gasteiger partial charge in [-0.05, 0) is 37.0 Å². The number of benzene rings is 1. The van der Waals surface area contributed by atoms with Crippen LogP contribution in [0.5, 0.6) is 0 Å². The number of hydrogen-bond donors (Lipinski definition) is 0. The summed E-state index contributed by atoms with van der Waals surface area (Å²) in [4.78, 5) is 11.9. The lowest BCUT2D eigenvalue weighted by Gasteiger charge is -2.21. The molecule has 1 aliphatic rings. The Bertz CT molecular complexity index is 426. The van der Waals surface area contributed by atoms with Gasteiger partial charge < -0.3 is 4.74 Å². The molecule has 1 fully saturated rings. The molecule has 2 nitrogen and oxygen atoms in total. The molecule has 0 spiro atoms. The third-order valence-corrected chi connectivity index (χ3v) is 3.72. The average molecular weight is 287 g/mol. The largest absolute Gasteiger partial charge is 0.378 e. The Labute approximate surface area is 117 Å². The Morgan fingerprint density at radius 1 is 1.33 bits per heavy atom. The van der Waals surface area contributed by atoms with Crippen molar-refractivity contribution >= 4 is 29.0 Å². The Hall–Kier alpha value is -0.570. The molecule has 0 aliphatic carbocycles. The molecule has 1 aromatic rings. The highest BCUT2D eigenvalue weighted by atomic mass is 35.5. The molecule has 1 aromatic carbocycles. The quantitative estimate of drug-likeness (QED) is 0.834. The Morgan fingerprint density at radius 2 is 2.17 bits per heavy atom. The maximum atomic E-state index is 11.9. The number of rotatable bonds is 4. The lowest BCUT2D eigenvalue weighted by molar-refractivity contribution is -0.122. The van der Waals surface area contributed by atoms with Crippen LogP contribution in [0.1, 0.15) is 31.2 Å². The van der Waals surface area contributed by atoms with E-state index in [0.29, 0.717) is 22.9 Å². The Balaban J connectivity index is 1.90. The molecule has 1 heterocycles. The van der Waals surface area contributed by atoms with Crippen LogP contribution in [0, 0.1) is 0 Å². The predicted molar refractivity (Wildman–Crippen MR) is 73.4 cm³/mol. The number of halogens is 2. The summed E-state index contributed by atoms with van der Waals surface area (Å²) in [7, 11) is 0. The van der Waals surface area contributed by atoms with Gasteiger partial charge in [0, 0.05) is 29.5 Å². The highest BCUT2D eigenvalue weighted by molar-refractivity contribution is 6.35. The van der Waals surface area contributed by atoms with Gasteiger partial charge in [0.1, 0.15) is 5.78 Å². The van der Waals surface area contributed by atoms with Gasteiger partial charge in [-0.15, -0.1) is 0 Å². The Morgan fingerprint density at radius 3 is 2.83 bits per heavy atom. The van der Waals surface area contributed by atoms with Crippen LogP contribution in [0.25, 0.3) is 0 Å². The number of ether oxygens (including phenoxy) is 1. The van der Waals surface area contributed by atoms with Crippen LogP contribution in [0.2, 0.25) is 10.0 Å². The van der Waals surface area contributed by atoms with Gasteiger partial charge in [-0.3, -0.25) is 4.79 Å². The van der Waals surface area contributed by atoms with Crippen LogP contribution in [0.3, 0.4) is 0 Å². The van der Waals surface area contributed by atoms with E-state index in [0.717, 1.165) is 31.4 Å². The lowest BCUT2D eigenvalue weighted by Crippen LogP contribution is -2.23. The monoisotopic (exact) mass is 286 g/mol. The maximum absolute atomic E-state index is 11.9. The van der Waals surface area contributed by atoms with Crippen LogP contribution < -0.4 is 0 Å². The topological polar surface area (TPSA) is 26.3 Å². The Kier molecular flexibility index (Phi) is 5.04. The molecule has 0 amide bonds. The molecule has 18 heavy (non-hydrogen) atoms. The molecule has 0 aromatic heterocycles. The number of carbonyl (C=O) groups is 1. The zero-order valence-corrected chi connectivity index (χ0v) is 11.6. The van der Waals surface area contributed by atoms with Crippen molar-refractivity contribution < 1.29 is 9.53 Å². The number of ketones is 1. The van der Waals surface area contributed by atoms with Gasteiger partial charge in [0.25, 0.3) is 0 Å². The van der Waals surface area contributed by atoms with E-state index in [1.165, 1.54) is 0 Å². The minimum Gasteiger partial charge on any atom is -0.378 e. The fraction of sp³-hybridized carbons (Fsp3) is 0.500. The predicted octanol–water partition coefficient (Wildman–Crippen LogP) is 4.06. The second kappa shape index (κ2) is 6.55. The summed E-state index contributed by atoms with van der Waals surface area (Å²) in [6.07, 6.45) is 4.18. The van der Waals surface area contributed by atoms with Gasteiger partial charge in [-0.1, -0.05) is 29.3 Å².